The second kappa shape index (κ2) is 4.77. The lowest BCUT2D eigenvalue weighted by atomic mass is 9.96. The summed E-state index contributed by atoms with van der Waals surface area (Å²) < 4.78 is 5.39. The predicted molar refractivity (Wildman–Crippen MR) is 72.5 cm³/mol. The Hall–Kier alpha value is -2.11. The summed E-state index contributed by atoms with van der Waals surface area (Å²) >= 11 is 5.76. The van der Waals surface area contributed by atoms with E-state index in [2.05, 4.69) is 5.32 Å². The molecule has 2 aliphatic heterocycles. The SMILES string of the molecule is O=C(O)C1=C(C(=O)Nc2ccc(Cl)cc2)[C@@H]2C=C[C@H]1O2. The molecule has 0 saturated carbocycles. The Kier molecular flexibility index (Phi) is 3.08. The van der Waals surface area contributed by atoms with Crippen molar-refractivity contribution in [3.8, 4) is 0 Å². The van der Waals surface area contributed by atoms with Gasteiger partial charge in [-0.2, -0.15) is 0 Å². The third kappa shape index (κ3) is 2.11. The quantitative estimate of drug-likeness (QED) is 0.835. The Balaban J connectivity index is 1.86. The van der Waals surface area contributed by atoms with Crippen LogP contribution in [0.25, 0.3) is 0 Å². The van der Waals surface area contributed by atoms with Gasteiger partial charge in [0, 0.05) is 10.7 Å². The number of halogens is 1. The number of nitrogens with one attached hydrogen (secondary N) is 1. The molecule has 1 aromatic rings. The van der Waals surface area contributed by atoms with Crippen molar-refractivity contribution in [2.45, 2.75) is 12.2 Å². The van der Waals surface area contributed by atoms with Crippen LogP contribution < -0.4 is 5.32 Å². The lowest BCUT2D eigenvalue weighted by molar-refractivity contribution is -0.133. The molecule has 0 aliphatic carbocycles. The van der Waals surface area contributed by atoms with Crippen molar-refractivity contribution in [1.29, 1.82) is 0 Å². The number of carbonyl (C=O) groups is 2. The molecule has 2 aliphatic rings. The van der Waals surface area contributed by atoms with Gasteiger partial charge in [-0.3, -0.25) is 4.79 Å². The van der Waals surface area contributed by atoms with Gasteiger partial charge >= 0.3 is 5.97 Å². The summed E-state index contributed by atoms with van der Waals surface area (Å²) in [6, 6.07) is 6.57. The maximum Gasteiger partial charge on any atom is 0.335 e. The number of carboxylic acid groups (broad SMARTS) is 1. The number of benzene rings is 1. The minimum atomic E-state index is -1.14. The van der Waals surface area contributed by atoms with Gasteiger partial charge in [-0.05, 0) is 24.3 Å². The molecule has 20 heavy (non-hydrogen) atoms. The van der Waals surface area contributed by atoms with Crippen LogP contribution in [0.15, 0.2) is 47.6 Å². The van der Waals surface area contributed by atoms with Gasteiger partial charge in [0.1, 0.15) is 12.2 Å². The molecule has 1 aromatic carbocycles. The van der Waals surface area contributed by atoms with Crippen LogP contribution >= 0.6 is 11.6 Å². The maximum atomic E-state index is 12.2. The van der Waals surface area contributed by atoms with Crippen LogP contribution in [-0.2, 0) is 14.3 Å². The zero-order valence-electron chi connectivity index (χ0n) is 10.2. The van der Waals surface area contributed by atoms with Gasteiger partial charge in [0.15, 0.2) is 0 Å². The molecule has 0 unspecified atom stereocenters. The van der Waals surface area contributed by atoms with Crippen LogP contribution in [0, 0.1) is 0 Å². The number of carboxylic acids is 1. The average molecular weight is 292 g/mol. The normalized spacial score (nSPS) is 23.2. The van der Waals surface area contributed by atoms with Crippen LogP contribution in [0.3, 0.4) is 0 Å². The van der Waals surface area contributed by atoms with E-state index in [1.54, 1.807) is 36.4 Å². The van der Waals surface area contributed by atoms with Crippen LogP contribution in [0.2, 0.25) is 5.02 Å². The number of anilines is 1. The van der Waals surface area contributed by atoms with E-state index in [4.69, 9.17) is 16.3 Å². The first-order valence-corrected chi connectivity index (χ1v) is 6.32. The number of aliphatic carboxylic acids is 1. The van der Waals surface area contributed by atoms with Crippen LogP contribution in [0.1, 0.15) is 0 Å². The molecule has 6 heteroatoms. The molecule has 2 heterocycles. The molecule has 2 N–H and O–H groups in total. The lowest BCUT2D eigenvalue weighted by Crippen LogP contribution is -2.24. The molecule has 3 rings (SSSR count). The minimum absolute atomic E-state index is 0.00367. The number of carbonyl (C=O) groups excluding carboxylic acids is 1. The summed E-state index contributed by atoms with van der Waals surface area (Å²) in [5.74, 6) is -1.61. The zero-order valence-corrected chi connectivity index (χ0v) is 10.9. The first-order valence-electron chi connectivity index (χ1n) is 5.94. The first-order chi connectivity index (χ1) is 9.56. The molecule has 0 aromatic heterocycles. The number of fused-ring (bicyclic) bond motifs is 2. The van der Waals surface area contributed by atoms with Crippen LogP contribution in [-0.4, -0.2) is 29.2 Å². The van der Waals surface area contributed by atoms with Crippen molar-refractivity contribution in [1.82, 2.24) is 0 Å². The largest absolute Gasteiger partial charge is 0.478 e. The lowest BCUT2D eigenvalue weighted by Gasteiger charge is -2.11. The molecule has 1 amide bonds. The Bertz CT molecular complexity index is 648. The monoisotopic (exact) mass is 291 g/mol. The Morgan fingerprint density at radius 1 is 1.10 bits per heavy atom. The molecule has 0 saturated heterocycles. The third-order valence-corrected chi connectivity index (χ3v) is 3.44. The predicted octanol–water partition coefficient (Wildman–Crippen LogP) is 2.00. The maximum absolute atomic E-state index is 12.2. The number of hydrogen-bond acceptors (Lipinski definition) is 3. The molecule has 0 radical (unpaired) electrons. The van der Waals surface area contributed by atoms with E-state index >= 15 is 0 Å². The van der Waals surface area contributed by atoms with Crippen molar-refractivity contribution in [3.05, 3.63) is 52.6 Å². The van der Waals surface area contributed by atoms with E-state index in [0.29, 0.717) is 10.7 Å². The standard InChI is InChI=1S/C14H10ClNO4/c15-7-1-3-8(4-2-7)16-13(17)11-9-5-6-10(20-9)12(11)14(18)19/h1-6,9-10H,(H,16,17)(H,18,19)/t9-,10+/m0/s1. The number of amides is 1. The van der Waals surface area contributed by atoms with Crippen molar-refractivity contribution >= 4 is 29.2 Å². The summed E-state index contributed by atoms with van der Waals surface area (Å²) in [7, 11) is 0. The van der Waals surface area contributed by atoms with Gasteiger partial charge in [-0.15, -0.1) is 0 Å². The van der Waals surface area contributed by atoms with E-state index in [1.807, 2.05) is 0 Å². The van der Waals surface area contributed by atoms with Crippen molar-refractivity contribution in [3.63, 3.8) is 0 Å². The van der Waals surface area contributed by atoms with Gasteiger partial charge < -0.3 is 15.2 Å². The highest BCUT2D eigenvalue weighted by Gasteiger charge is 2.42. The van der Waals surface area contributed by atoms with Gasteiger partial charge in [-0.25, -0.2) is 4.79 Å². The highest BCUT2D eigenvalue weighted by Crippen LogP contribution is 2.35. The number of rotatable bonds is 3. The van der Waals surface area contributed by atoms with E-state index in [9.17, 15) is 14.7 Å². The van der Waals surface area contributed by atoms with E-state index in [1.165, 1.54) is 0 Å². The summed E-state index contributed by atoms with van der Waals surface area (Å²) in [5, 5.41) is 12.4. The smallest absolute Gasteiger partial charge is 0.335 e. The third-order valence-electron chi connectivity index (χ3n) is 3.19. The molecule has 5 nitrogen and oxygen atoms in total. The van der Waals surface area contributed by atoms with Gasteiger partial charge in [0.25, 0.3) is 5.91 Å². The molecular formula is C14H10ClNO4. The first kappa shape index (κ1) is 12.9. The fourth-order valence-electron chi connectivity index (χ4n) is 2.31. The minimum Gasteiger partial charge on any atom is -0.478 e. The summed E-state index contributed by atoms with van der Waals surface area (Å²) in [6.45, 7) is 0. The topological polar surface area (TPSA) is 75.6 Å². The molecule has 0 spiro atoms. The highest BCUT2D eigenvalue weighted by molar-refractivity contribution is 6.30. The molecule has 102 valence electrons. The average Bonchev–Trinajstić information content (AvgIpc) is 3.01. The van der Waals surface area contributed by atoms with Gasteiger partial charge in [-0.1, -0.05) is 23.8 Å². The fraction of sp³-hybridized carbons (Fsp3) is 0.143. The summed E-state index contributed by atoms with van der Waals surface area (Å²) in [6.07, 6.45) is 2.11. The number of hydrogen-bond donors (Lipinski definition) is 2. The number of ether oxygens (including phenoxy) is 1. The van der Waals surface area contributed by atoms with Crippen molar-refractivity contribution < 1.29 is 19.4 Å². The molecule has 2 bridgehead atoms. The van der Waals surface area contributed by atoms with Crippen molar-refractivity contribution in [2.24, 2.45) is 0 Å². The Morgan fingerprint density at radius 3 is 2.30 bits per heavy atom. The van der Waals surface area contributed by atoms with Gasteiger partial charge in [0.2, 0.25) is 0 Å². The van der Waals surface area contributed by atoms with E-state index in [0.717, 1.165) is 0 Å². The van der Waals surface area contributed by atoms with Crippen LogP contribution in [0.4, 0.5) is 5.69 Å². The zero-order chi connectivity index (χ0) is 14.3. The second-order valence-electron chi connectivity index (χ2n) is 4.46. The Labute approximate surface area is 119 Å². The Morgan fingerprint density at radius 2 is 1.70 bits per heavy atom. The fourth-order valence-corrected chi connectivity index (χ4v) is 2.43. The second-order valence-corrected chi connectivity index (χ2v) is 4.89. The van der Waals surface area contributed by atoms with Crippen LogP contribution in [0.5, 0.6) is 0 Å². The summed E-state index contributed by atoms with van der Waals surface area (Å²) in [5.41, 5.74) is 0.701. The van der Waals surface area contributed by atoms with Crippen molar-refractivity contribution in [2.75, 3.05) is 5.32 Å². The van der Waals surface area contributed by atoms with Gasteiger partial charge in [0.05, 0.1) is 11.1 Å². The molecule has 0 fully saturated rings. The van der Waals surface area contributed by atoms with E-state index < -0.39 is 24.1 Å². The molecular weight excluding hydrogens is 282 g/mol. The molecule has 2 atom stereocenters. The summed E-state index contributed by atoms with van der Waals surface area (Å²) in [4.78, 5) is 23.5. The van der Waals surface area contributed by atoms with E-state index in [-0.39, 0.29) is 11.1 Å². The highest BCUT2D eigenvalue weighted by atomic mass is 35.5.